The first-order valence-corrected chi connectivity index (χ1v) is 7.06. The third-order valence-corrected chi connectivity index (χ3v) is 3.16. The molecule has 6 heteroatoms. The molecule has 0 fully saturated rings. The van der Waals surface area contributed by atoms with Crippen molar-refractivity contribution in [3.8, 4) is 0 Å². The molecule has 0 atom stereocenters. The fourth-order valence-corrected chi connectivity index (χ4v) is 2.01. The van der Waals surface area contributed by atoms with Gasteiger partial charge in [0.2, 0.25) is 10.0 Å². The van der Waals surface area contributed by atoms with Crippen molar-refractivity contribution in [1.82, 2.24) is 5.32 Å². The SMILES string of the molecule is Cc1ccc(F)c(CNCCCS(N)(=O)=O)c1. The highest BCUT2D eigenvalue weighted by Gasteiger charge is 2.03. The summed E-state index contributed by atoms with van der Waals surface area (Å²) in [7, 11) is -3.40. The van der Waals surface area contributed by atoms with Crippen molar-refractivity contribution >= 4 is 10.0 Å². The van der Waals surface area contributed by atoms with Crippen LogP contribution in [0.15, 0.2) is 18.2 Å². The van der Waals surface area contributed by atoms with E-state index in [4.69, 9.17) is 5.14 Å². The van der Waals surface area contributed by atoms with E-state index < -0.39 is 10.0 Å². The van der Waals surface area contributed by atoms with Gasteiger partial charge in [0.25, 0.3) is 0 Å². The van der Waals surface area contributed by atoms with Crippen LogP contribution in [0.2, 0.25) is 0 Å². The molecule has 3 N–H and O–H groups in total. The van der Waals surface area contributed by atoms with Crippen molar-refractivity contribution in [2.45, 2.75) is 19.9 Å². The molecule has 0 unspecified atom stereocenters. The third kappa shape index (κ3) is 5.76. The highest BCUT2D eigenvalue weighted by atomic mass is 32.2. The van der Waals surface area contributed by atoms with E-state index in [1.54, 1.807) is 12.1 Å². The van der Waals surface area contributed by atoms with E-state index in [1.807, 2.05) is 6.92 Å². The minimum absolute atomic E-state index is 0.0592. The standard InChI is InChI=1S/C11H17FN2O2S/c1-9-3-4-11(12)10(7-9)8-14-5-2-6-17(13,15)16/h3-4,7,14H,2,5-6,8H2,1H3,(H2,13,15,16). The van der Waals surface area contributed by atoms with Gasteiger partial charge >= 0.3 is 0 Å². The summed E-state index contributed by atoms with van der Waals surface area (Å²) in [4.78, 5) is 0. The summed E-state index contributed by atoms with van der Waals surface area (Å²) in [6, 6.07) is 4.90. The molecule has 1 aromatic carbocycles. The van der Waals surface area contributed by atoms with Crippen LogP contribution >= 0.6 is 0 Å². The monoisotopic (exact) mass is 260 g/mol. The van der Waals surface area contributed by atoms with Gasteiger partial charge < -0.3 is 5.32 Å². The predicted molar refractivity (Wildman–Crippen MR) is 65.4 cm³/mol. The zero-order chi connectivity index (χ0) is 12.9. The maximum Gasteiger partial charge on any atom is 0.209 e. The van der Waals surface area contributed by atoms with E-state index in [0.29, 0.717) is 25.1 Å². The van der Waals surface area contributed by atoms with Gasteiger partial charge in [0.15, 0.2) is 0 Å². The molecule has 0 aliphatic rings. The lowest BCUT2D eigenvalue weighted by molar-refractivity contribution is 0.577. The molecule has 1 rings (SSSR count). The molecule has 96 valence electrons. The number of sulfonamides is 1. The van der Waals surface area contributed by atoms with Crippen LogP contribution in [0, 0.1) is 12.7 Å². The van der Waals surface area contributed by atoms with E-state index in [-0.39, 0.29) is 11.6 Å². The van der Waals surface area contributed by atoms with Crippen molar-refractivity contribution in [3.63, 3.8) is 0 Å². The molecular formula is C11H17FN2O2S. The molecule has 1 aromatic rings. The number of hydrogen-bond acceptors (Lipinski definition) is 3. The van der Waals surface area contributed by atoms with Crippen LogP contribution in [-0.4, -0.2) is 20.7 Å². The van der Waals surface area contributed by atoms with Gasteiger partial charge in [0.1, 0.15) is 5.82 Å². The highest BCUT2D eigenvalue weighted by Crippen LogP contribution is 2.09. The number of hydrogen-bond donors (Lipinski definition) is 2. The van der Waals surface area contributed by atoms with E-state index in [9.17, 15) is 12.8 Å². The molecule has 0 bridgehead atoms. The van der Waals surface area contributed by atoms with E-state index in [2.05, 4.69) is 5.32 Å². The van der Waals surface area contributed by atoms with Gasteiger partial charge in [-0.15, -0.1) is 0 Å². The Bertz CT molecular complexity index is 474. The molecule has 0 heterocycles. The fraction of sp³-hybridized carbons (Fsp3) is 0.455. The maximum absolute atomic E-state index is 13.3. The summed E-state index contributed by atoms with van der Waals surface area (Å²) in [6.07, 6.45) is 0.423. The predicted octanol–water partition coefficient (Wildman–Crippen LogP) is 0.902. The lowest BCUT2D eigenvalue weighted by Gasteiger charge is -2.06. The normalized spacial score (nSPS) is 11.7. The molecule has 17 heavy (non-hydrogen) atoms. The molecular weight excluding hydrogens is 243 g/mol. The van der Waals surface area contributed by atoms with Gasteiger partial charge in [0.05, 0.1) is 5.75 Å². The van der Waals surface area contributed by atoms with Crippen molar-refractivity contribution < 1.29 is 12.8 Å². The van der Waals surface area contributed by atoms with Crippen LogP contribution in [-0.2, 0) is 16.6 Å². The molecule has 0 radical (unpaired) electrons. The average molecular weight is 260 g/mol. The molecule has 0 aromatic heterocycles. The van der Waals surface area contributed by atoms with Crippen LogP contribution < -0.4 is 10.5 Å². The summed E-state index contributed by atoms with van der Waals surface area (Å²) in [6.45, 7) is 2.77. The van der Waals surface area contributed by atoms with Gasteiger partial charge in [-0.25, -0.2) is 17.9 Å². The van der Waals surface area contributed by atoms with Crippen LogP contribution in [0.3, 0.4) is 0 Å². The second-order valence-electron chi connectivity index (χ2n) is 3.99. The van der Waals surface area contributed by atoms with Gasteiger partial charge in [-0.2, -0.15) is 0 Å². The first-order valence-electron chi connectivity index (χ1n) is 5.35. The van der Waals surface area contributed by atoms with Crippen LogP contribution in [0.25, 0.3) is 0 Å². The Morgan fingerprint density at radius 1 is 1.41 bits per heavy atom. The average Bonchev–Trinajstić information content (AvgIpc) is 2.21. The van der Waals surface area contributed by atoms with Crippen molar-refractivity contribution in [1.29, 1.82) is 0 Å². The number of aryl methyl sites for hydroxylation is 1. The Balaban J connectivity index is 2.34. The smallest absolute Gasteiger partial charge is 0.209 e. The van der Waals surface area contributed by atoms with Gasteiger partial charge in [0, 0.05) is 12.1 Å². The number of rotatable bonds is 6. The van der Waals surface area contributed by atoms with Gasteiger partial charge in [-0.3, -0.25) is 0 Å². The summed E-state index contributed by atoms with van der Waals surface area (Å²) in [5.74, 6) is -0.314. The summed E-state index contributed by atoms with van der Waals surface area (Å²) in [5, 5.41) is 7.84. The largest absolute Gasteiger partial charge is 0.313 e. The zero-order valence-electron chi connectivity index (χ0n) is 9.74. The highest BCUT2D eigenvalue weighted by molar-refractivity contribution is 7.89. The Morgan fingerprint density at radius 3 is 2.76 bits per heavy atom. The minimum Gasteiger partial charge on any atom is -0.313 e. The lowest BCUT2D eigenvalue weighted by Crippen LogP contribution is -2.22. The second kappa shape index (κ2) is 6.09. The zero-order valence-corrected chi connectivity index (χ0v) is 10.6. The second-order valence-corrected chi connectivity index (χ2v) is 5.73. The number of nitrogens with two attached hydrogens (primary N) is 1. The Kier molecular flexibility index (Phi) is 5.04. The van der Waals surface area contributed by atoms with Crippen LogP contribution in [0.1, 0.15) is 17.5 Å². The summed E-state index contributed by atoms with van der Waals surface area (Å²) >= 11 is 0. The molecule has 0 spiro atoms. The topological polar surface area (TPSA) is 72.2 Å². The van der Waals surface area contributed by atoms with E-state index in [1.165, 1.54) is 6.07 Å². The number of primary sulfonamides is 1. The molecule has 0 amide bonds. The quantitative estimate of drug-likeness (QED) is 0.747. The summed E-state index contributed by atoms with van der Waals surface area (Å²) in [5.41, 5.74) is 1.58. The van der Waals surface area contributed by atoms with Gasteiger partial charge in [-0.1, -0.05) is 17.7 Å². The third-order valence-electron chi connectivity index (χ3n) is 2.30. The van der Waals surface area contributed by atoms with E-state index >= 15 is 0 Å². The number of nitrogens with one attached hydrogen (secondary N) is 1. The van der Waals surface area contributed by atoms with Crippen LogP contribution in [0.4, 0.5) is 4.39 Å². The Labute approximate surface area is 101 Å². The lowest BCUT2D eigenvalue weighted by atomic mass is 10.1. The maximum atomic E-state index is 13.3. The first-order chi connectivity index (χ1) is 7.88. The van der Waals surface area contributed by atoms with E-state index in [0.717, 1.165) is 5.56 Å². The Morgan fingerprint density at radius 2 is 2.12 bits per heavy atom. The molecule has 0 saturated heterocycles. The van der Waals surface area contributed by atoms with Crippen LogP contribution in [0.5, 0.6) is 0 Å². The number of halogens is 1. The molecule has 0 aliphatic carbocycles. The van der Waals surface area contributed by atoms with Crippen molar-refractivity contribution in [2.24, 2.45) is 5.14 Å². The molecule has 0 aliphatic heterocycles. The first kappa shape index (κ1) is 14.1. The molecule has 4 nitrogen and oxygen atoms in total. The summed E-state index contributed by atoms with van der Waals surface area (Å²) < 4.78 is 34.6. The van der Waals surface area contributed by atoms with Crippen molar-refractivity contribution in [2.75, 3.05) is 12.3 Å². The molecule has 0 saturated carbocycles. The number of benzene rings is 1. The Hall–Kier alpha value is -0.980. The van der Waals surface area contributed by atoms with Gasteiger partial charge in [-0.05, 0) is 26.0 Å². The van der Waals surface area contributed by atoms with Crippen molar-refractivity contribution in [3.05, 3.63) is 35.1 Å². The minimum atomic E-state index is -3.40. The fourth-order valence-electron chi connectivity index (χ4n) is 1.46.